The minimum Gasteiger partial charge on any atom is -0.454 e. The summed E-state index contributed by atoms with van der Waals surface area (Å²) >= 11 is 0. The Hall–Kier alpha value is -3.08. The van der Waals surface area contributed by atoms with Crippen molar-refractivity contribution in [2.45, 2.75) is 13.5 Å². The Morgan fingerprint density at radius 1 is 1.00 bits per heavy atom. The van der Waals surface area contributed by atoms with Crippen LogP contribution in [-0.2, 0) is 6.54 Å². The van der Waals surface area contributed by atoms with Crippen LogP contribution in [0, 0.1) is 0 Å². The lowest BCUT2D eigenvalue weighted by molar-refractivity contribution is 0.104. The minimum absolute atomic E-state index is 0.0725. The van der Waals surface area contributed by atoms with Crippen LogP contribution in [0.2, 0.25) is 0 Å². The summed E-state index contributed by atoms with van der Waals surface area (Å²) in [6.07, 6.45) is 0. The first-order valence-electron chi connectivity index (χ1n) is 7.85. The lowest BCUT2D eigenvalue weighted by Crippen LogP contribution is -2.22. The largest absolute Gasteiger partial charge is 0.454 e. The summed E-state index contributed by atoms with van der Waals surface area (Å²) in [5.41, 5.74) is 2.49. The van der Waals surface area contributed by atoms with E-state index in [0.29, 0.717) is 45.6 Å². The van der Waals surface area contributed by atoms with Gasteiger partial charge in [-0.1, -0.05) is 18.2 Å². The highest BCUT2D eigenvalue weighted by Crippen LogP contribution is 2.45. The third-order valence-corrected chi connectivity index (χ3v) is 4.73. The van der Waals surface area contributed by atoms with Crippen LogP contribution in [0.1, 0.15) is 22.8 Å². The van der Waals surface area contributed by atoms with Gasteiger partial charge in [-0.25, -0.2) is 0 Å². The van der Waals surface area contributed by atoms with E-state index in [-0.39, 0.29) is 18.1 Å². The van der Waals surface area contributed by atoms with Crippen molar-refractivity contribution >= 4 is 16.6 Å². The third-order valence-electron chi connectivity index (χ3n) is 4.73. The lowest BCUT2D eigenvalue weighted by Gasteiger charge is -2.13. The molecule has 5 rings (SSSR count). The van der Waals surface area contributed by atoms with Gasteiger partial charge in [-0.15, -0.1) is 0 Å². The average Bonchev–Trinajstić information content (AvgIpc) is 3.17. The number of carbonyl (C=O) groups excluding carboxylic acids is 1. The van der Waals surface area contributed by atoms with Crippen LogP contribution in [0.5, 0.6) is 11.5 Å². The van der Waals surface area contributed by atoms with Gasteiger partial charge in [0.1, 0.15) is 0 Å². The van der Waals surface area contributed by atoms with E-state index in [9.17, 15) is 9.59 Å². The standard InChI is InChI=1S/C19H13NO4/c1-2-20-17-12-7-14-15(24-9-23-14)8-13(12)18(21)16(17)10-5-3-4-6-11(10)19(20)22/h3-8H,2,9H2,1H3. The number of pyridine rings is 1. The predicted molar refractivity (Wildman–Crippen MR) is 88.9 cm³/mol. The number of ether oxygens (including phenoxy) is 2. The number of hydrogen-bond donors (Lipinski definition) is 0. The molecule has 0 unspecified atom stereocenters. The SMILES string of the molecule is CCn1c2c(c3ccccc3c1=O)C(=O)c1cc3c(cc1-2)OCO3. The third kappa shape index (κ3) is 1.49. The highest BCUT2D eigenvalue weighted by Gasteiger charge is 2.34. The van der Waals surface area contributed by atoms with Gasteiger partial charge in [-0.3, -0.25) is 9.59 Å². The summed E-state index contributed by atoms with van der Waals surface area (Å²) in [4.78, 5) is 25.9. The molecule has 5 heteroatoms. The molecule has 118 valence electrons. The van der Waals surface area contributed by atoms with Gasteiger partial charge in [0.05, 0.1) is 11.3 Å². The van der Waals surface area contributed by atoms with E-state index in [4.69, 9.17) is 9.47 Å². The molecule has 24 heavy (non-hydrogen) atoms. The van der Waals surface area contributed by atoms with Gasteiger partial charge < -0.3 is 14.0 Å². The summed E-state index contributed by atoms with van der Waals surface area (Å²) in [6.45, 7) is 2.55. The Bertz CT molecular complexity index is 1110. The van der Waals surface area contributed by atoms with Crippen molar-refractivity contribution in [3.8, 4) is 22.8 Å². The second kappa shape index (κ2) is 4.47. The average molecular weight is 319 g/mol. The number of aromatic nitrogens is 1. The van der Waals surface area contributed by atoms with Crippen molar-refractivity contribution in [3.05, 3.63) is 57.9 Å². The summed E-state index contributed by atoms with van der Waals surface area (Å²) in [6, 6.07) is 10.8. The number of ketones is 1. The number of benzene rings is 2. The van der Waals surface area contributed by atoms with Gasteiger partial charge in [0.25, 0.3) is 5.56 Å². The Balaban J connectivity index is 1.97. The van der Waals surface area contributed by atoms with Gasteiger partial charge in [-0.2, -0.15) is 0 Å². The van der Waals surface area contributed by atoms with Crippen molar-refractivity contribution in [1.82, 2.24) is 4.57 Å². The van der Waals surface area contributed by atoms with Gasteiger partial charge in [0, 0.05) is 28.4 Å². The van der Waals surface area contributed by atoms with Crippen LogP contribution in [-0.4, -0.2) is 17.1 Å². The number of nitrogens with zero attached hydrogens (tertiary/aromatic N) is 1. The Kier molecular flexibility index (Phi) is 2.49. The topological polar surface area (TPSA) is 57.5 Å². The first kappa shape index (κ1) is 13.4. The van der Waals surface area contributed by atoms with Crippen molar-refractivity contribution < 1.29 is 14.3 Å². The molecule has 0 spiro atoms. The molecule has 0 atom stereocenters. The van der Waals surface area contributed by atoms with Crippen molar-refractivity contribution in [2.75, 3.05) is 6.79 Å². The summed E-state index contributed by atoms with van der Waals surface area (Å²) in [7, 11) is 0. The Morgan fingerprint density at radius 2 is 1.67 bits per heavy atom. The van der Waals surface area contributed by atoms with Crippen LogP contribution in [0.4, 0.5) is 0 Å². The van der Waals surface area contributed by atoms with E-state index in [0.717, 1.165) is 5.56 Å². The molecule has 0 fully saturated rings. The van der Waals surface area contributed by atoms with Gasteiger partial charge in [0.15, 0.2) is 17.3 Å². The summed E-state index contributed by atoms with van der Waals surface area (Å²) in [5, 5.41) is 1.27. The van der Waals surface area contributed by atoms with E-state index in [1.807, 2.05) is 31.2 Å². The fourth-order valence-electron chi connectivity index (χ4n) is 3.67. The molecule has 0 saturated heterocycles. The van der Waals surface area contributed by atoms with Crippen molar-refractivity contribution in [2.24, 2.45) is 0 Å². The highest BCUT2D eigenvalue weighted by molar-refractivity contribution is 6.27. The van der Waals surface area contributed by atoms with E-state index < -0.39 is 0 Å². The zero-order valence-corrected chi connectivity index (χ0v) is 13.0. The molecule has 1 aromatic heterocycles. The van der Waals surface area contributed by atoms with Gasteiger partial charge in [0.2, 0.25) is 6.79 Å². The van der Waals surface area contributed by atoms with Crippen LogP contribution in [0.15, 0.2) is 41.2 Å². The second-order valence-corrected chi connectivity index (χ2v) is 5.90. The molecule has 2 aromatic carbocycles. The molecule has 1 aliphatic carbocycles. The Labute approximate surface area is 137 Å². The maximum absolute atomic E-state index is 13.1. The zero-order valence-electron chi connectivity index (χ0n) is 13.0. The minimum atomic E-state index is -0.0785. The summed E-state index contributed by atoms with van der Waals surface area (Å²) in [5.74, 6) is 1.11. The number of hydrogen-bond acceptors (Lipinski definition) is 4. The van der Waals surface area contributed by atoms with Crippen molar-refractivity contribution in [3.63, 3.8) is 0 Å². The van der Waals surface area contributed by atoms with Crippen molar-refractivity contribution in [1.29, 1.82) is 0 Å². The maximum Gasteiger partial charge on any atom is 0.258 e. The number of rotatable bonds is 1. The fourth-order valence-corrected chi connectivity index (χ4v) is 3.67. The van der Waals surface area contributed by atoms with Gasteiger partial charge in [-0.05, 0) is 25.1 Å². The van der Waals surface area contributed by atoms with Crippen LogP contribution in [0.25, 0.3) is 22.0 Å². The molecule has 5 nitrogen and oxygen atoms in total. The molecule has 2 aliphatic rings. The molecule has 2 heterocycles. The molecule has 3 aromatic rings. The van der Waals surface area contributed by atoms with E-state index >= 15 is 0 Å². The van der Waals surface area contributed by atoms with Crippen LogP contribution >= 0.6 is 0 Å². The van der Waals surface area contributed by atoms with E-state index in [1.54, 1.807) is 16.7 Å². The first-order chi connectivity index (χ1) is 11.7. The molecular weight excluding hydrogens is 306 g/mol. The Morgan fingerprint density at radius 3 is 2.38 bits per heavy atom. The molecule has 0 radical (unpaired) electrons. The molecule has 0 saturated carbocycles. The smallest absolute Gasteiger partial charge is 0.258 e. The fraction of sp³-hybridized carbons (Fsp3) is 0.158. The van der Waals surface area contributed by atoms with Gasteiger partial charge >= 0.3 is 0 Å². The van der Waals surface area contributed by atoms with E-state index in [2.05, 4.69) is 0 Å². The normalized spacial score (nSPS) is 14.1. The monoisotopic (exact) mass is 319 g/mol. The number of fused-ring (bicyclic) bond motifs is 6. The molecule has 0 amide bonds. The highest BCUT2D eigenvalue weighted by atomic mass is 16.7. The lowest BCUT2D eigenvalue weighted by atomic mass is 10.0. The molecule has 0 bridgehead atoms. The molecule has 0 N–H and O–H groups in total. The first-order valence-corrected chi connectivity index (χ1v) is 7.85. The predicted octanol–water partition coefficient (Wildman–Crippen LogP) is 2.96. The summed E-state index contributed by atoms with van der Waals surface area (Å²) < 4.78 is 12.5. The van der Waals surface area contributed by atoms with Crippen LogP contribution < -0.4 is 15.0 Å². The zero-order chi connectivity index (χ0) is 16.4. The quantitative estimate of drug-likeness (QED) is 0.541. The maximum atomic E-state index is 13.1. The van der Waals surface area contributed by atoms with E-state index in [1.165, 1.54) is 0 Å². The number of carbonyl (C=O) groups is 1. The molecule has 1 aliphatic heterocycles. The second-order valence-electron chi connectivity index (χ2n) is 5.90. The van der Waals surface area contributed by atoms with Crippen LogP contribution in [0.3, 0.4) is 0 Å². The molecular formula is C19H13NO4.